The zero-order valence-electron chi connectivity index (χ0n) is 55.3. The van der Waals surface area contributed by atoms with Crippen molar-refractivity contribution in [3.8, 4) is 65.9 Å². The van der Waals surface area contributed by atoms with Crippen molar-refractivity contribution in [2.24, 2.45) is 38.9 Å². The van der Waals surface area contributed by atoms with Crippen LogP contribution in [0.1, 0.15) is 139 Å². The smallest absolute Gasteiger partial charge is 0.281 e. The highest BCUT2D eigenvalue weighted by Gasteiger charge is 2.33. The Morgan fingerprint density at radius 3 is 1.17 bits per heavy atom. The van der Waals surface area contributed by atoms with Gasteiger partial charge in [0.25, 0.3) is 12.9 Å². The Hall–Kier alpha value is -9.93. The van der Waals surface area contributed by atoms with Crippen LogP contribution in [0.25, 0.3) is 72.0 Å². The topological polar surface area (TPSA) is 235 Å². The van der Waals surface area contributed by atoms with Gasteiger partial charge >= 0.3 is 0 Å². The van der Waals surface area contributed by atoms with E-state index in [1.807, 2.05) is 126 Å². The lowest BCUT2D eigenvalue weighted by atomic mass is 9.91. The minimum absolute atomic E-state index is 0.0666. The molecular weight excluding hydrogens is 1330 g/mol. The SMILES string of the molecule is C=Cc1sc(-c2cnn(C)c2C(=O)CC2CCn3nc(-c4ccccc4)nc3C2)nc1C(F)F.CCc1sc(-c2cnn(C)c2C(=O)CC2CCn3nc(-c4ccccc4)nc3C2)nc1C(F)F.Cc1nc(-c2cnn(C)c2C(=O)CC2CCn3nc(-c4ccccc4)nc3C2)sc1C. The number of benzene rings is 3. The lowest BCUT2D eigenvalue weighted by Gasteiger charge is -2.21. The molecule has 0 amide bonds. The maximum Gasteiger partial charge on any atom is 0.281 e. The summed E-state index contributed by atoms with van der Waals surface area (Å²) in [5, 5.41) is 28.3. The van der Waals surface area contributed by atoms with Gasteiger partial charge in [0.05, 0.1) is 45.9 Å². The van der Waals surface area contributed by atoms with E-state index in [0.717, 1.165) is 105 Å². The van der Waals surface area contributed by atoms with Gasteiger partial charge in [0, 0.05) is 106 Å². The van der Waals surface area contributed by atoms with Crippen LogP contribution in [-0.4, -0.2) is 106 Å². The van der Waals surface area contributed by atoms with Gasteiger partial charge in [0.1, 0.15) is 61.0 Å². The van der Waals surface area contributed by atoms with Gasteiger partial charge in [-0.1, -0.05) is 111 Å². The van der Waals surface area contributed by atoms with E-state index in [1.165, 1.54) is 33.0 Å². The summed E-state index contributed by atoms with van der Waals surface area (Å²) in [5.74, 6) is 5.26. The van der Waals surface area contributed by atoms with Gasteiger partial charge in [0.15, 0.2) is 34.8 Å². The Kier molecular flexibility index (Phi) is 20.0. The predicted octanol–water partition coefficient (Wildman–Crippen LogP) is 14.6. The fraction of sp³-hybridized carbons (Fsp3) is 0.338. The second kappa shape index (κ2) is 29.3. The summed E-state index contributed by atoms with van der Waals surface area (Å²) < 4.78 is 64.0. The van der Waals surface area contributed by atoms with Crippen LogP contribution in [0.3, 0.4) is 0 Å². The number of Topliss-reactive ketones (excluding diaryl/α,β-unsaturated/α-hetero) is 3. The van der Waals surface area contributed by atoms with Crippen LogP contribution in [0.5, 0.6) is 0 Å². The molecule has 0 spiro atoms. The van der Waals surface area contributed by atoms with Crippen molar-refractivity contribution in [3.63, 3.8) is 0 Å². The third-order valence-corrected chi connectivity index (χ3v) is 21.5. The minimum atomic E-state index is -2.71. The number of thiazole rings is 3. The fourth-order valence-electron chi connectivity index (χ4n) is 12.9. The van der Waals surface area contributed by atoms with Crippen LogP contribution in [0.4, 0.5) is 17.6 Å². The first-order chi connectivity index (χ1) is 47.9. The number of hydrogen-bond donors (Lipinski definition) is 0. The van der Waals surface area contributed by atoms with Gasteiger partial charge in [-0.2, -0.15) is 30.6 Å². The zero-order chi connectivity index (χ0) is 69.2. The van der Waals surface area contributed by atoms with Crippen LogP contribution < -0.4 is 0 Å². The Labute approximate surface area is 579 Å². The van der Waals surface area contributed by atoms with Gasteiger partial charge in [0.2, 0.25) is 0 Å². The molecule has 3 aliphatic heterocycles. The highest BCUT2D eigenvalue weighted by Crippen LogP contribution is 2.39. The lowest BCUT2D eigenvalue weighted by Crippen LogP contribution is -2.23. The number of aryl methyl sites for hydroxylation is 9. The van der Waals surface area contributed by atoms with Crippen LogP contribution in [-0.2, 0) is 66.5 Å². The quantitative estimate of drug-likeness (QED) is 0.0541. The summed E-state index contributed by atoms with van der Waals surface area (Å²) in [6, 6.07) is 29.7. The minimum Gasteiger partial charge on any atom is -0.292 e. The van der Waals surface area contributed by atoms with Crippen molar-refractivity contribution in [2.75, 3.05) is 0 Å². The lowest BCUT2D eigenvalue weighted by molar-refractivity contribution is 0.0935. The molecule has 0 radical (unpaired) electrons. The normalized spacial score (nSPS) is 15.6. The molecule has 0 bridgehead atoms. The first kappa shape index (κ1) is 67.6. The summed E-state index contributed by atoms with van der Waals surface area (Å²) in [6.45, 7) is 11.7. The maximum absolute atomic E-state index is 13.4. The van der Waals surface area contributed by atoms with E-state index in [1.54, 1.807) is 42.5 Å². The molecule has 3 aliphatic rings. The van der Waals surface area contributed by atoms with Crippen LogP contribution in [0.2, 0.25) is 0 Å². The number of fused-ring (bicyclic) bond motifs is 3. The van der Waals surface area contributed by atoms with Gasteiger partial charge in [-0.05, 0) is 57.3 Å². The molecule has 0 N–H and O–H groups in total. The van der Waals surface area contributed by atoms with Gasteiger partial charge < -0.3 is 0 Å². The largest absolute Gasteiger partial charge is 0.292 e. The van der Waals surface area contributed by atoms with E-state index in [-0.39, 0.29) is 46.5 Å². The molecule has 0 saturated heterocycles. The molecule has 21 nitrogen and oxygen atoms in total. The molecule has 28 heteroatoms. The van der Waals surface area contributed by atoms with Crippen molar-refractivity contribution >= 4 is 57.4 Å². The summed E-state index contributed by atoms with van der Waals surface area (Å²) in [7, 11) is 5.20. The Morgan fingerprint density at radius 2 is 0.859 bits per heavy atom. The third-order valence-electron chi connectivity index (χ3n) is 18.1. The van der Waals surface area contributed by atoms with Crippen LogP contribution in [0.15, 0.2) is 116 Å². The molecule has 3 unspecified atom stereocenters. The maximum atomic E-state index is 13.4. The predicted molar refractivity (Wildman–Crippen MR) is 370 cm³/mol. The zero-order valence-corrected chi connectivity index (χ0v) is 57.7. The number of carbonyl (C=O) groups excluding carboxylic acids is 3. The Bertz CT molecular complexity index is 4880. The summed E-state index contributed by atoms with van der Waals surface area (Å²) in [5.41, 5.74) is 6.68. The Morgan fingerprint density at radius 1 is 0.505 bits per heavy atom. The fourth-order valence-corrected chi connectivity index (χ4v) is 15.7. The molecule has 0 saturated carbocycles. The molecule has 9 aromatic heterocycles. The van der Waals surface area contributed by atoms with E-state index in [4.69, 9.17) is 15.0 Å². The van der Waals surface area contributed by atoms with Crippen molar-refractivity contribution < 1.29 is 31.9 Å². The van der Waals surface area contributed by atoms with Gasteiger partial charge in [-0.3, -0.25) is 28.4 Å². The number of alkyl halides is 4. The van der Waals surface area contributed by atoms with E-state index in [2.05, 4.69) is 59.0 Å². The average molecular weight is 1400 g/mol. The van der Waals surface area contributed by atoms with Gasteiger partial charge in [-0.25, -0.2) is 61.5 Å². The van der Waals surface area contributed by atoms with Crippen LogP contribution in [0, 0.1) is 31.6 Å². The highest BCUT2D eigenvalue weighted by atomic mass is 32.1. The molecule has 99 heavy (non-hydrogen) atoms. The first-order valence-corrected chi connectivity index (χ1v) is 35.1. The Balaban J connectivity index is 0.000000134. The number of carbonyl (C=O) groups is 3. The van der Waals surface area contributed by atoms with E-state index >= 15 is 0 Å². The number of rotatable bonds is 19. The molecule has 508 valence electrons. The number of ketones is 3. The summed E-state index contributed by atoms with van der Waals surface area (Å²) in [6.07, 6.45) is 7.00. The van der Waals surface area contributed by atoms with Crippen molar-refractivity contribution in [3.05, 3.63) is 182 Å². The number of hydrogen-bond acceptors (Lipinski definition) is 18. The van der Waals surface area contributed by atoms with E-state index < -0.39 is 12.9 Å². The molecule has 0 fully saturated rings. The monoisotopic (exact) mass is 1390 g/mol. The molecule has 0 aliphatic carbocycles. The number of aromatic nitrogens is 18. The van der Waals surface area contributed by atoms with Crippen LogP contribution >= 0.6 is 34.0 Å². The molecule has 3 atom stereocenters. The standard InChI is InChI=1S/C24H24F2N6OS.C24H22F2N6OS.C23H24N6OS/c2*1-3-18-20(22(25)26)29-24(34-18)16-13-27-31(2)21(16)17(33)11-14-9-10-32-19(12-14)28-23(30-32)15-7-5-4-6-8-15;1-14-15(2)31-23(25-14)18-13-24-28(3)21(18)19(30)11-16-9-10-29-20(12-16)26-22(27-29)17-7-5-4-6-8-17/h4-8,13-14,22H,3,9-12H2,1-2H3;3-8,13-14,22H,1,9-12H2,2H3;4-8,13,16H,9-12H2,1-3H3. The summed E-state index contributed by atoms with van der Waals surface area (Å²) in [4.78, 5) is 69.0. The third kappa shape index (κ3) is 14.5. The molecule has 12 aromatic rings. The number of halogens is 4. The van der Waals surface area contributed by atoms with Crippen molar-refractivity contribution in [2.45, 2.75) is 117 Å². The average Bonchev–Trinajstić information content (AvgIpc) is 1.66. The molecule has 15 rings (SSSR count). The molecule has 12 heterocycles. The second-order valence-corrected chi connectivity index (χ2v) is 28.1. The highest BCUT2D eigenvalue weighted by molar-refractivity contribution is 7.16. The second-order valence-electron chi connectivity index (χ2n) is 24.8. The van der Waals surface area contributed by atoms with E-state index in [0.29, 0.717) is 111 Å². The van der Waals surface area contributed by atoms with Gasteiger partial charge in [-0.15, -0.1) is 34.0 Å². The molecular formula is C71H70F4N18O3S3. The summed E-state index contributed by atoms with van der Waals surface area (Å²) >= 11 is 3.90. The van der Waals surface area contributed by atoms with Crippen molar-refractivity contribution in [1.29, 1.82) is 0 Å². The first-order valence-electron chi connectivity index (χ1n) is 32.6. The van der Waals surface area contributed by atoms with E-state index in [9.17, 15) is 31.9 Å². The van der Waals surface area contributed by atoms with Crippen molar-refractivity contribution in [1.82, 2.24) is 88.6 Å². The molecule has 3 aromatic carbocycles. The number of nitrogens with zero attached hydrogens (tertiary/aromatic N) is 18.